The van der Waals surface area contributed by atoms with Crippen LogP contribution in [0.4, 0.5) is 0 Å². The highest BCUT2D eigenvalue weighted by atomic mass is 79.9. The van der Waals surface area contributed by atoms with Gasteiger partial charge in [0.05, 0.1) is 7.11 Å². The van der Waals surface area contributed by atoms with Crippen molar-refractivity contribution in [1.82, 2.24) is 0 Å². The monoisotopic (exact) mass is 291 g/mol. The fraction of sp³-hybridized carbons (Fsp3) is 0.143. The second-order valence-corrected chi connectivity index (χ2v) is 4.57. The second kappa shape index (κ2) is 5.34. The first-order chi connectivity index (χ1) is 8.26. The maximum Gasteiger partial charge on any atom is 0.126 e. The van der Waals surface area contributed by atoms with Crippen molar-refractivity contribution in [3.05, 3.63) is 52.5 Å². The number of nitrogens with two attached hydrogens (primary N) is 1. The lowest BCUT2D eigenvalue weighted by atomic mass is 10.0. The fourth-order valence-corrected chi connectivity index (χ4v) is 2.27. The largest absolute Gasteiger partial charge is 0.496 e. The Balaban J connectivity index is 2.60. The molecule has 0 aliphatic heterocycles. The first kappa shape index (κ1) is 12.1. The van der Waals surface area contributed by atoms with Crippen LogP contribution in [0.5, 0.6) is 5.75 Å². The standard InChI is InChI=1S/C14H14BrNO/c1-17-14-7-6-10(9-16)8-12(14)11-4-2-3-5-13(11)15/h2-8H,9,16H2,1H3. The first-order valence-corrected chi connectivity index (χ1v) is 6.17. The van der Waals surface area contributed by atoms with Crippen molar-refractivity contribution in [2.45, 2.75) is 6.54 Å². The number of rotatable bonds is 3. The Morgan fingerprint density at radius 2 is 1.88 bits per heavy atom. The summed E-state index contributed by atoms with van der Waals surface area (Å²) in [5, 5.41) is 0. The molecular weight excluding hydrogens is 278 g/mol. The highest BCUT2D eigenvalue weighted by Gasteiger charge is 2.09. The van der Waals surface area contributed by atoms with E-state index in [1.807, 2.05) is 30.3 Å². The summed E-state index contributed by atoms with van der Waals surface area (Å²) in [5.74, 6) is 0.856. The third-order valence-corrected chi connectivity index (χ3v) is 3.36. The molecule has 0 saturated heterocycles. The summed E-state index contributed by atoms with van der Waals surface area (Å²) < 4.78 is 6.44. The Kier molecular flexibility index (Phi) is 3.82. The maximum absolute atomic E-state index is 5.67. The molecule has 0 heterocycles. The lowest BCUT2D eigenvalue weighted by Gasteiger charge is -2.11. The van der Waals surface area contributed by atoms with Crippen LogP contribution in [0.3, 0.4) is 0 Å². The average molecular weight is 292 g/mol. The Hall–Kier alpha value is -1.32. The van der Waals surface area contributed by atoms with Gasteiger partial charge in [-0.15, -0.1) is 0 Å². The summed E-state index contributed by atoms with van der Waals surface area (Å²) in [6, 6.07) is 14.1. The van der Waals surface area contributed by atoms with Gasteiger partial charge >= 0.3 is 0 Å². The van der Waals surface area contributed by atoms with E-state index in [0.717, 1.165) is 26.9 Å². The number of hydrogen-bond donors (Lipinski definition) is 1. The molecule has 0 bridgehead atoms. The molecule has 0 aliphatic rings. The van der Waals surface area contributed by atoms with Crippen molar-refractivity contribution in [2.24, 2.45) is 5.73 Å². The maximum atomic E-state index is 5.67. The SMILES string of the molecule is COc1ccc(CN)cc1-c1ccccc1Br. The molecular formula is C14H14BrNO. The number of methoxy groups -OCH3 is 1. The molecule has 0 aromatic heterocycles. The average Bonchev–Trinajstić information content (AvgIpc) is 2.38. The third-order valence-electron chi connectivity index (χ3n) is 2.66. The molecule has 0 spiro atoms. The van der Waals surface area contributed by atoms with Gasteiger partial charge in [0.2, 0.25) is 0 Å². The van der Waals surface area contributed by atoms with Crippen LogP contribution in [0.25, 0.3) is 11.1 Å². The molecule has 2 nitrogen and oxygen atoms in total. The fourth-order valence-electron chi connectivity index (χ4n) is 1.77. The van der Waals surface area contributed by atoms with E-state index in [4.69, 9.17) is 10.5 Å². The zero-order chi connectivity index (χ0) is 12.3. The summed E-state index contributed by atoms with van der Waals surface area (Å²) in [6.45, 7) is 0.529. The molecule has 0 fully saturated rings. The van der Waals surface area contributed by atoms with E-state index in [2.05, 4.69) is 28.1 Å². The lowest BCUT2D eigenvalue weighted by Crippen LogP contribution is -1.97. The Morgan fingerprint density at radius 1 is 1.12 bits per heavy atom. The number of halogens is 1. The first-order valence-electron chi connectivity index (χ1n) is 5.38. The van der Waals surface area contributed by atoms with Crippen molar-refractivity contribution in [1.29, 1.82) is 0 Å². The van der Waals surface area contributed by atoms with E-state index in [-0.39, 0.29) is 0 Å². The summed E-state index contributed by atoms with van der Waals surface area (Å²) in [4.78, 5) is 0. The van der Waals surface area contributed by atoms with Crippen LogP contribution in [0.15, 0.2) is 46.9 Å². The highest BCUT2D eigenvalue weighted by Crippen LogP contribution is 2.35. The van der Waals surface area contributed by atoms with Crippen molar-refractivity contribution in [2.75, 3.05) is 7.11 Å². The lowest BCUT2D eigenvalue weighted by molar-refractivity contribution is 0.416. The molecule has 17 heavy (non-hydrogen) atoms. The minimum atomic E-state index is 0.529. The van der Waals surface area contributed by atoms with Gasteiger partial charge in [-0.05, 0) is 29.3 Å². The number of hydrogen-bond acceptors (Lipinski definition) is 2. The second-order valence-electron chi connectivity index (χ2n) is 3.72. The molecule has 2 aromatic carbocycles. The Morgan fingerprint density at radius 3 is 2.53 bits per heavy atom. The van der Waals surface area contributed by atoms with E-state index in [9.17, 15) is 0 Å². The summed E-state index contributed by atoms with van der Waals surface area (Å²) in [6.07, 6.45) is 0. The predicted octanol–water partition coefficient (Wildman–Crippen LogP) is 3.58. The third kappa shape index (κ3) is 2.51. The molecule has 2 aromatic rings. The molecule has 2 rings (SSSR count). The van der Waals surface area contributed by atoms with Crippen LogP contribution in [-0.2, 0) is 6.54 Å². The van der Waals surface area contributed by atoms with Crippen LogP contribution in [0, 0.1) is 0 Å². The summed E-state index contributed by atoms with van der Waals surface area (Å²) >= 11 is 3.56. The van der Waals surface area contributed by atoms with Gasteiger partial charge in [-0.2, -0.15) is 0 Å². The van der Waals surface area contributed by atoms with E-state index in [1.54, 1.807) is 7.11 Å². The van der Waals surface area contributed by atoms with Crippen molar-refractivity contribution >= 4 is 15.9 Å². The Labute approximate surface area is 110 Å². The van der Waals surface area contributed by atoms with Gasteiger partial charge in [-0.25, -0.2) is 0 Å². The zero-order valence-corrected chi connectivity index (χ0v) is 11.2. The van der Waals surface area contributed by atoms with Crippen LogP contribution in [0.1, 0.15) is 5.56 Å². The minimum absolute atomic E-state index is 0.529. The quantitative estimate of drug-likeness (QED) is 0.938. The van der Waals surface area contributed by atoms with Gasteiger partial charge in [-0.1, -0.05) is 40.2 Å². The van der Waals surface area contributed by atoms with Crippen molar-refractivity contribution in [3.8, 4) is 16.9 Å². The highest BCUT2D eigenvalue weighted by molar-refractivity contribution is 9.10. The molecule has 0 radical (unpaired) electrons. The summed E-state index contributed by atoms with van der Waals surface area (Å²) in [7, 11) is 1.68. The van der Waals surface area contributed by atoms with Gasteiger partial charge in [0.1, 0.15) is 5.75 Å². The zero-order valence-electron chi connectivity index (χ0n) is 9.61. The van der Waals surface area contributed by atoms with Gasteiger partial charge in [0.15, 0.2) is 0 Å². The number of ether oxygens (including phenoxy) is 1. The molecule has 2 N–H and O–H groups in total. The molecule has 0 unspecified atom stereocenters. The molecule has 88 valence electrons. The molecule has 3 heteroatoms. The van der Waals surface area contributed by atoms with Gasteiger partial charge < -0.3 is 10.5 Å². The van der Waals surface area contributed by atoms with Gasteiger partial charge in [0.25, 0.3) is 0 Å². The van der Waals surface area contributed by atoms with Gasteiger partial charge in [-0.3, -0.25) is 0 Å². The predicted molar refractivity (Wildman–Crippen MR) is 74.0 cm³/mol. The smallest absolute Gasteiger partial charge is 0.126 e. The van der Waals surface area contributed by atoms with Crippen LogP contribution in [0.2, 0.25) is 0 Å². The minimum Gasteiger partial charge on any atom is -0.496 e. The van der Waals surface area contributed by atoms with Crippen molar-refractivity contribution in [3.63, 3.8) is 0 Å². The van der Waals surface area contributed by atoms with Gasteiger partial charge in [0, 0.05) is 16.6 Å². The summed E-state index contributed by atoms with van der Waals surface area (Å²) in [5.41, 5.74) is 8.94. The molecule has 0 saturated carbocycles. The molecule has 0 aliphatic carbocycles. The van der Waals surface area contributed by atoms with Crippen LogP contribution < -0.4 is 10.5 Å². The van der Waals surface area contributed by atoms with E-state index in [0.29, 0.717) is 6.54 Å². The molecule has 0 amide bonds. The van der Waals surface area contributed by atoms with E-state index >= 15 is 0 Å². The van der Waals surface area contributed by atoms with E-state index < -0.39 is 0 Å². The van der Waals surface area contributed by atoms with E-state index in [1.165, 1.54) is 0 Å². The van der Waals surface area contributed by atoms with Crippen LogP contribution in [-0.4, -0.2) is 7.11 Å². The topological polar surface area (TPSA) is 35.2 Å². The van der Waals surface area contributed by atoms with Crippen molar-refractivity contribution < 1.29 is 4.74 Å². The number of benzene rings is 2. The van der Waals surface area contributed by atoms with Crippen LogP contribution >= 0.6 is 15.9 Å². The molecule has 0 atom stereocenters. The normalized spacial score (nSPS) is 10.3. The Bertz CT molecular complexity index is 525.